The van der Waals surface area contributed by atoms with Gasteiger partial charge in [0.2, 0.25) is 5.82 Å². The van der Waals surface area contributed by atoms with E-state index in [1.165, 1.54) is 4.68 Å². The van der Waals surface area contributed by atoms with Gasteiger partial charge in [0.15, 0.2) is 17.3 Å². The Labute approximate surface area is 271 Å². The lowest BCUT2D eigenvalue weighted by molar-refractivity contribution is 0.270. The van der Waals surface area contributed by atoms with E-state index >= 15 is 0 Å². The largest absolute Gasteiger partial charge is 0.490 e. The van der Waals surface area contributed by atoms with Crippen LogP contribution < -0.4 is 15.0 Å². The molecule has 0 unspecified atom stereocenters. The molecule has 0 atom stereocenters. The fraction of sp³-hybridized carbons (Fsp3) is 0.0833. The summed E-state index contributed by atoms with van der Waals surface area (Å²) >= 11 is 10.3. The summed E-state index contributed by atoms with van der Waals surface area (Å²) in [5, 5.41) is 8.48. The van der Waals surface area contributed by atoms with Gasteiger partial charge in [-0.1, -0.05) is 82.1 Å². The maximum Gasteiger partial charge on any atom is 0.282 e. The Hall–Kier alpha value is -4.92. The summed E-state index contributed by atoms with van der Waals surface area (Å²) in [5.41, 5.74) is 2.52. The summed E-state index contributed by atoms with van der Waals surface area (Å²) in [5.74, 6) is 1.59. The fourth-order valence-electron chi connectivity index (χ4n) is 5.27. The molecular formula is C36H25BrClN3O4. The quantitative estimate of drug-likeness (QED) is 0.150. The van der Waals surface area contributed by atoms with Crippen LogP contribution in [0.15, 0.2) is 122 Å². The zero-order valence-corrected chi connectivity index (χ0v) is 26.4. The van der Waals surface area contributed by atoms with E-state index in [0.29, 0.717) is 57.5 Å². The van der Waals surface area contributed by atoms with E-state index < -0.39 is 0 Å². The number of halogens is 2. The SMILES string of the molecule is CCOc1cc(C=Nn2c(-c3cc4cc(Br)ccc4o3)nc3ccccc3c2=O)cc(Cl)c1OCc1cccc2ccccc12. The molecule has 0 N–H and O–H groups in total. The second kappa shape index (κ2) is 12.2. The van der Waals surface area contributed by atoms with Crippen molar-refractivity contribution in [3.05, 3.63) is 134 Å². The second-order valence-corrected chi connectivity index (χ2v) is 11.6. The van der Waals surface area contributed by atoms with E-state index in [-0.39, 0.29) is 11.4 Å². The number of ether oxygens (including phenoxy) is 2. The molecule has 0 bridgehead atoms. The maximum atomic E-state index is 13.7. The Balaban J connectivity index is 1.27. The van der Waals surface area contributed by atoms with Gasteiger partial charge in [0.1, 0.15) is 12.2 Å². The van der Waals surface area contributed by atoms with E-state index in [2.05, 4.69) is 39.2 Å². The highest BCUT2D eigenvalue weighted by Gasteiger charge is 2.18. The maximum absolute atomic E-state index is 13.7. The minimum Gasteiger partial charge on any atom is -0.490 e. The topological polar surface area (TPSA) is 78.9 Å². The molecule has 0 spiro atoms. The van der Waals surface area contributed by atoms with Gasteiger partial charge in [-0.15, -0.1) is 0 Å². The van der Waals surface area contributed by atoms with Crippen molar-refractivity contribution < 1.29 is 13.9 Å². The highest BCUT2D eigenvalue weighted by Crippen LogP contribution is 2.37. The molecule has 0 saturated heterocycles. The monoisotopic (exact) mass is 677 g/mol. The Kier molecular flexibility index (Phi) is 7.83. The number of hydrogen-bond donors (Lipinski definition) is 0. The van der Waals surface area contributed by atoms with Crippen LogP contribution in [0, 0.1) is 0 Å². The molecule has 222 valence electrons. The molecule has 2 heterocycles. The molecule has 2 aromatic heterocycles. The van der Waals surface area contributed by atoms with Gasteiger partial charge in [0.05, 0.1) is 28.7 Å². The minimum absolute atomic E-state index is 0.272. The summed E-state index contributed by atoms with van der Waals surface area (Å²) in [6, 6.07) is 32.5. The van der Waals surface area contributed by atoms with Gasteiger partial charge in [-0.25, -0.2) is 4.98 Å². The van der Waals surface area contributed by atoms with E-state index in [1.807, 2.05) is 61.5 Å². The second-order valence-electron chi connectivity index (χ2n) is 10.3. The molecule has 0 aliphatic carbocycles. The number of benzene rings is 5. The molecule has 5 aromatic carbocycles. The first kappa shape index (κ1) is 28.8. The molecule has 0 aliphatic heterocycles. The van der Waals surface area contributed by atoms with Crippen LogP contribution in [0.4, 0.5) is 0 Å². The van der Waals surface area contributed by atoms with Crippen molar-refractivity contribution in [2.75, 3.05) is 6.61 Å². The molecule has 0 radical (unpaired) electrons. The highest BCUT2D eigenvalue weighted by atomic mass is 79.9. The average Bonchev–Trinajstić information content (AvgIpc) is 3.47. The molecule has 0 fully saturated rings. The summed E-state index contributed by atoms with van der Waals surface area (Å²) < 4.78 is 20.4. The van der Waals surface area contributed by atoms with Gasteiger partial charge in [0, 0.05) is 9.86 Å². The number of fused-ring (bicyclic) bond motifs is 3. The van der Waals surface area contributed by atoms with E-state index in [0.717, 1.165) is 26.2 Å². The molecule has 45 heavy (non-hydrogen) atoms. The smallest absolute Gasteiger partial charge is 0.282 e. The van der Waals surface area contributed by atoms with Gasteiger partial charge in [-0.3, -0.25) is 4.79 Å². The lowest BCUT2D eigenvalue weighted by atomic mass is 10.1. The van der Waals surface area contributed by atoms with Gasteiger partial charge in [0.25, 0.3) is 5.56 Å². The van der Waals surface area contributed by atoms with Crippen molar-refractivity contribution in [2.45, 2.75) is 13.5 Å². The Bertz CT molecular complexity index is 2310. The van der Waals surface area contributed by atoms with Crippen LogP contribution in [-0.4, -0.2) is 22.5 Å². The molecule has 7 nitrogen and oxygen atoms in total. The van der Waals surface area contributed by atoms with Crippen LogP contribution in [0.25, 0.3) is 44.2 Å². The number of para-hydroxylation sites is 1. The molecule has 0 saturated carbocycles. The predicted molar refractivity (Wildman–Crippen MR) is 183 cm³/mol. The predicted octanol–water partition coefficient (Wildman–Crippen LogP) is 9.24. The summed E-state index contributed by atoms with van der Waals surface area (Å²) in [7, 11) is 0. The third-order valence-corrected chi connectivity index (χ3v) is 8.13. The molecule has 0 aliphatic rings. The van der Waals surface area contributed by atoms with Gasteiger partial charge < -0.3 is 13.9 Å². The first-order valence-electron chi connectivity index (χ1n) is 14.3. The van der Waals surface area contributed by atoms with Crippen molar-refractivity contribution in [1.29, 1.82) is 0 Å². The number of nitrogens with zero attached hydrogens (tertiary/aromatic N) is 3. The number of furan rings is 1. The summed E-state index contributed by atoms with van der Waals surface area (Å²) in [6.45, 7) is 2.60. The molecule has 7 aromatic rings. The van der Waals surface area contributed by atoms with Crippen molar-refractivity contribution >= 4 is 66.4 Å². The van der Waals surface area contributed by atoms with Gasteiger partial charge in [-0.05, 0) is 77.4 Å². The highest BCUT2D eigenvalue weighted by molar-refractivity contribution is 9.10. The number of hydrogen-bond acceptors (Lipinski definition) is 6. The van der Waals surface area contributed by atoms with Gasteiger partial charge in [-0.2, -0.15) is 9.78 Å². The number of aromatic nitrogens is 2. The molecule has 0 amide bonds. The van der Waals surface area contributed by atoms with E-state index in [4.69, 9.17) is 30.5 Å². The van der Waals surface area contributed by atoms with Crippen molar-refractivity contribution in [3.63, 3.8) is 0 Å². The average molecular weight is 679 g/mol. The normalized spacial score (nSPS) is 11.6. The van der Waals surface area contributed by atoms with Crippen LogP contribution >= 0.6 is 27.5 Å². The third-order valence-electron chi connectivity index (χ3n) is 7.36. The van der Waals surface area contributed by atoms with Crippen molar-refractivity contribution in [1.82, 2.24) is 9.66 Å². The molecular weight excluding hydrogens is 654 g/mol. The minimum atomic E-state index is -0.334. The standard InChI is InChI=1S/C36H25BrClN3O4/c1-2-43-32-17-22(16-29(38)34(32)44-21-24-10-7-9-23-8-3-4-11-27(23)24)20-39-41-35(40-30-13-6-5-12-28(30)36(41)42)33-19-25-18-26(37)14-15-31(25)45-33/h3-20H,2,21H2,1H3. The molecule has 7 rings (SSSR count). The first-order chi connectivity index (χ1) is 22.0. The Morgan fingerprint density at radius 2 is 1.71 bits per heavy atom. The van der Waals surface area contributed by atoms with Crippen molar-refractivity contribution in [2.24, 2.45) is 5.10 Å². The van der Waals surface area contributed by atoms with Crippen LogP contribution in [-0.2, 0) is 6.61 Å². The third kappa shape index (κ3) is 5.70. The zero-order chi connectivity index (χ0) is 30.9. The Morgan fingerprint density at radius 3 is 2.58 bits per heavy atom. The zero-order valence-electron chi connectivity index (χ0n) is 24.0. The lowest BCUT2D eigenvalue weighted by Crippen LogP contribution is -2.20. The fourth-order valence-corrected chi connectivity index (χ4v) is 5.93. The van der Waals surface area contributed by atoms with E-state index in [9.17, 15) is 4.79 Å². The van der Waals surface area contributed by atoms with Crippen molar-refractivity contribution in [3.8, 4) is 23.1 Å². The van der Waals surface area contributed by atoms with Crippen LogP contribution in [0.1, 0.15) is 18.1 Å². The summed E-state index contributed by atoms with van der Waals surface area (Å²) in [6.07, 6.45) is 1.55. The Morgan fingerprint density at radius 1 is 0.911 bits per heavy atom. The van der Waals surface area contributed by atoms with Crippen LogP contribution in [0.2, 0.25) is 5.02 Å². The van der Waals surface area contributed by atoms with Gasteiger partial charge >= 0.3 is 0 Å². The number of rotatable bonds is 8. The van der Waals surface area contributed by atoms with Crippen LogP contribution in [0.3, 0.4) is 0 Å². The lowest BCUT2D eigenvalue weighted by Gasteiger charge is -2.15. The molecule has 9 heteroatoms. The first-order valence-corrected chi connectivity index (χ1v) is 15.5. The summed E-state index contributed by atoms with van der Waals surface area (Å²) in [4.78, 5) is 18.5. The van der Waals surface area contributed by atoms with Crippen LogP contribution in [0.5, 0.6) is 11.5 Å². The van der Waals surface area contributed by atoms with E-state index in [1.54, 1.807) is 36.5 Å².